The van der Waals surface area contributed by atoms with Gasteiger partial charge < -0.3 is 10.0 Å². The Labute approximate surface area is 192 Å². The van der Waals surface area contributed by atoms with Crippen LogP contribution >= 0.6 is 0 Å². The summed E-state index contributed by atoms with van der Waals surface area (Å²) in [5, 5.41) is 19.5. The van der Waals surface area contributed by atoms with Crippen molar-refractivity contribution >= 4 is 5.95 Å². The molecule has 1 saturated heterocycles. The summed E-state index contributed by atoms with van der Waals surface area (Å²) < 4.78 is 2.20. The molecule has 2 fully saturated rings. The van der Waals surface area contributed by atoms with E-state index in [0.29, 0.717) is 0 Å². The first kappa shape index (κ1) is 22.5. The van der Waals surface area contributed by atoms with Crippen molar-refractivity contribution in [1.82, 2.24) is 14.8 Å². The summed E-state index contributed by atoms with van der Waals surface area (Å²) in [6.45, 7) is 5.94. The monoisotopic (exact) mass is 432 g/mol. The van der Waals surface area contributed by atoms with Gasteiger partial charge in [0.25, 0.3) is 0 Å². The van der Waals surface area contributed by atoms with Crippen molar-refractivity contribution in [1.29, 1.82) is 0 Å². The minimum atomic E-state index is -0.153. The molecule has 0 amide bonds. The predicted molar refractivity (Wildman–Crippen MR) is 131 cm³/mol. The van der Waals surface area contributed by atoms with Crippen LogP contribution in [-0.2, 0) is 17.9 Å². The second kappa shape index (κ2) is 9.45. The van der Waals surface area contributed by atoms with Crippen LogP contribution in [-0.4, -0.2) is 39.6 Å². The number of aliphatic hydroxyl groups excluding tert-OH is 1. The topological polar surface area (TPSA) is 54.2 Å². The zero-order chi connectivity index (χ0) is 22.6. The summed E-state index contributed by atoms with van der Waals surface area (Å²) in [6, 6.07) is 10.5. The molecule has 32 heavy (non-hydrogen) atoms. The normalized spacial score (nSPS) is 20.8. The fourth-order valence-corrected chi connectivity index (χ4v) is 5.18. The fourth-order valence-electron chi connectivity index (χ4n) is 5.18. The van der Waals surface area contributed by atoms with Gasteiger partial charge in [0.1, 0.15) is 5.82 Å². The van der Waals surface area contributed by atoms with Crippen LogP contribution < -0.4 is 4.90 Å². The molecule has 0 bridgehead atoms. The van der Waals surface area contributed by atoms with E-state index in [0.717, 1.165) is 57.0 Å². The van der Waals surface area contributed by atoms with E-state index in [1.807, 2.05) is 19.9 Å². The number of piperidine rings is 1. The number of aliphatic hydroxyl groups is 1. The van der Waals surface area contributed by atoms with E-state index < -0.39 is 0 Å². The van der Waals surface area contributed by atoms with Crippen LogP contribution in [0.15, 0.2) is 66.3 Å². The Bertz CT molecular complexity index is 990. The van der Waals surface area contributed by atoms with E-state index in [1.165, 1.54) is 11.1 Å². The van der Waals surface area contributed by atoms with Crippen molar-refractivity contribution in [2.75, 3.05) is 24.6 Å². The van der Waals surface area contributed by atoms with Crippen LogP contribution in [0.1, 0.15) is 57.3 Å². The lowest BCUT2D eigenvalue weighted by atomic mass is 9.73. The number of hydrogen-bond acceptors (Lipinski definition) is 4. The largest absolute Gasteiger partial charge is 0.395 e. The van der Waals surface area contributed by atoms with E-state index >= 15 is 0 Å². The molecule has 1 aromatic heterocycles. The SMILES string of the molecule is CC.Cn1c(N2CCC(CO)(c3ccccc3)CC2)nnc1C1(C2=CCC=CC=C2)CC1. The van der Waals surface area contributed by atoms with E-state index in [1.54, 1.807) is 0 Å². The van der Waals surface area contributed by atoms with Crippen molar-refractivity contribution in [2.45, 2.75) is 56.8 Å². The van der Waals surface area contributed by atoms with E-state index in [2.05, 4.69) is 81.4 Å². The van der Waals surface area contributed by atoms with Gasteiger partial charge in [0.05, 0.1) is 12.0 Å². The molecule has 5 heteroatoms. The van der Waals surface area contributed by atoms with Gasteiger partial charge in [-0.25, -0.2) is 0 Å². The number of anilines is 1. The highest BCUT2D eigenvalue weighted by Gasteiger charge is 2.51. The molecule has 0 atom stereocenters. The van der Waals surface area contributed by atoms with Gasteiger partial charge in [0.15, 0.2) is 0 Å². The smallest absolute Gasteiger partial charge is 0.226 e. The highest BCUT2D eigenvalue weighted by atomic mass is 16.3. The van der Waals surface area contributed by atoms with E-state index in [9.17, 15) is 5.11 Å². The number of allylic oxidation sites excluding steroid dienone is 6. The van der Waals surface area contributed by atoms with Crippen molar-refractivity contribution in [2.24, 2.45) is 7.05 Å². The van der Waals surface area contributed by atoms with Gasteiger partial charge >= 0.3 is 0 Å². The predicted octanol–water partition coefficient (Wildman–Crippen LogP) is 4.85. The van der Waals surface area contributed by atoms with Gasteiger partial charge in [-0.2, -0.15) is 0 Å². The number of benzene rings is 1. The molecule has 0 spiro atoms. The van der Waals surface area contributed by atoms with E-state index in [4.69, 9.17) is 0 Å². The van der Waals surface area contributed by atoms with Crippen LogP contribution in [0.2, 0.25) is 0 Å². The summed E-state index contributed by atoms with van der Waals surface area (Å²) in [5.74, 6) is 2.03. The molecular formula is C27H36N4O. The zero-order valence-corrected chi connectivity index (χ0v) is 19.7. The maximum absolute atomic E-state index is 10.2. The molecule has 1 aromatic carbocycles. The molecule has 0 radical (unpaired) electrons. The Balaban J connectivity index is 0.00000119. The Hall–Kier alpha value is -2.66. The maximum Gasteiger partial charge on any atom is 0.226 e. The van der Waals surface area contributed by atoms with Crippen LogP contribution in [0, 0.1) is 0 Å². The second-order valence-electron chi connectivity index (χ2n) is 8.94. The standard InChI is InChI=1S/C25H30N4O.C2H6/c1-28-22(25(13-14-25)21-11-5-2-3-6-12-21)26-27-23(28)29-17-15-24(19-30,16-18-29)20-9-7-4-8-10-20;1-2/h2-5,7-12,30H,6,13-19H2,1H3;1-2H3. The third-order valence-electron chi connectivity index (χ3n) is 7.27. The molecule has 5 rings (SSSR count). The molecule has 0 unspecified atom stereocenters. The number of rotatable bonds is 5. The van der Waals surface area contributed by atoms with Crippen LogP contribution in [0.5, 0.6) is 0 Å². The molecule has 2 heterocycles. The minimum absolute atomic E-state index is 0.0250. The van der Waals surface area contributed by atoms with Crippen LogP contribution in [0.3, 0.4) is 0 Å². The summed E-state index contributed by atoms with van der Waals surface area (Å²) in [6.07, 6.45) is 16.1. The fraction of sp³-hybridized carbons (Fsp3) is 0.481. The number of hydrogen-bond donors (Lipinski definition) is 1. The van der Waals surface area contributed by atoms with E-state index in [-0.39, 0.29) is 17.4 Å². The summed E-state index contributed by atoms with van der Waals surface area (Å²) in [7, 11) is 2.11. The summed E-state index contributed by atoms with van der Waals surface area (Å²) >= 11 is 0. The van der Waals surface area contributed by atoms with Crippen molar-refractivity contribution in [3.63, 3.8) is 0 Å². The molecule has 3 aliphatic rings. The Morgan fingerprint density at radius 3 is 2.34 bits per heavy atom. The zero-order valence-electron chi connectivity index (χ0n) is 19.7. The van der Waals surface area contributed by atoms with Crippen molar-refractivity contribution in [3.8, 4) is 0 Å². The second-order valence-corrected chi connectivity index (χ2v) is 8.94. The Kier molecular flexibility index (Phi) is 6.66. The van der Waals surface area contributed by atoms with Crippen LogP contribution in [0.25, 0.3) is 0 Å². The van der Waals surface area contributed by atoms with Crippen LogP contribution in [0.4, 0.5) is 5.95 Å². The molecule has 5 nitrogen and oxygen atoms in total. The quantitative estimate of drug-likeness (QED) is 0.734. The lowest BCUT2D eigenvalue weighted by Crippen LogP contribution is -2.45. The highest BCUT2D eigenvalue weighted by Crippen LogP contribution is 2.54. The average molecular weight is 433 g/mol. The summed E-state index contributed by atoms with van der Waals surface area (Å²) in [4.78, 5) is 2.34. The first-order chi connectivity index (χ1) is 15.7. The summed E-state index contributed by atoms with van der Waals surface area (Å²) in [5.41, 5.74) is 2.48. The molecule has 170 valence electrons. The molecule has 2 aliphatic carbocycles. The number of aromatic nitrogens is 3. The maximum atomic E-state index is 10.2. The number of nitrogens with zero attached hydrogens (tertiary/aromatic N) is 4. The molecule has 1 saturated carbocycles. The molecule has 1 N–H and O–H groups in total. The minimum Gasteiger partial charge on any atom is -0.395 e. The molecule has 1 aliphatic heterocycles. The van der Waals surface area contributed by atoms with Gasteiger partial charge in [-0.15, -0.1) is 10.2 Å². The lowest BCUT2D eigenvalue weighted by Gasteiger charge is -2.41. The molecular weight excluding hydrogens is 396 g/mol. The van der Waals surface area contributed by atoms with Crippen molar-refractivity contribution in [3.05, 3.63) is 77.7 Å². The highest BCUT2D eigenvalue weighted by molar-refractivity contribution is 5.47. The van der Waals surface area contributed by atoms with Gasteiger partial charge in [-0.3, -0.25) is 4.57 Å². The Morgan fingerprint density at radius 2 is 1.69 bits per heavy atom. The first-order valence-electron chi connectivity index (χ1n) is 12.0. The van der Waals surface area contributed by atoms with Crippen molar-refractivity contribution < 1.29 is 5.11 Å². The Morgan fingerprint density at radius 1 is 0.969 bits per heavy atom. The lowest BCUT2D eigenvalue weighted by molar-refractivity contribution is 0.165. The van der Waals surface area contributed by atoms with Gasteiger partial charge in [-0.05, 0) is 43.2 Å². The third-order valence-corrected chi connectivity index (χ3v) is 7.27. The van der Waals surface area contributed by atoms with Gasteiger partial charge in [0.2, 0.25) is 5.95 Å². The molecule has 2 aromatic rings. The third kappa shape index (κ3) is 3.95. The average Bonchev–Trinajstić information content (AvgIpc) is 3.62. The first-order valence-corrected chi connectivity index (χ1v) is 12.0. The van der Waals surface area contributed by atoms with Gasteiger partial charge in [-0.1, -0.05) is 74.6 Å². The van der Waals surface area contributed by atoms with Gasteiger partial charge in [0, 0.05) is 25.6 Å².